The number of fused-ring (bicyclic) bond motifs is 3. The standard InChI is InChI=1S/C50H40N2/c1-51(40-22-10-4-11-23-40)49-29-17-15-26-44(49)37-30-32-42(33-31-37)52(41-24-12-5-13-25-41)43-34-35-46-45-27-14-16-28-47(45)50(48(46)36-43,38-18-6-2-7-19-38)39-20-8-3-9-21-39/h2-12,14-24,26-36H,13,25H2,1H3. The van der Waals surface area contributed by atoms with Gasteiger partial charge in [0.25, 0.3) is 0 Å². The van der Waals surface area contributed by atoms with Gasteiger partial charge in [-0.3, -0.25) is 0 Å². The third-order valence-corrected chi connectivity index (χ3v) is 10.8. The maximum Gasteiger partial charge on any atom is 0.0714 e. The molecule has 0 aliphatic heterocycles. The summed E-state index contributed by atoms with van der Waals surface area (Å²) >= 11 is 0. The Bertz CT molecular complexity index is 2370. The summed E-state index contributed by atoms with van der Waals surface area (Å²) < 4.78 is 0. The third kappa shape index (κ3) is 5.27. The molecule has 0 N–H and O–H groups in total. The van der Waals surface area contributed by atoms with Crippen molar-refractivity contribution in [3.8, 4) is 22.3 Å². The average Bonchev–Trinajstić information content (AvgIpc) is 3.53. The highest BCUT2D eigenvalue weighted by atomic mass is 15.1. The molecule has 250 valence electrons. The van der Waals surface area contributed by atoms with E-state index in [1.54, 1.807) is 0 Å². The zero-order chi connectivity index (χ0) is 34.9. The van der Waals surface area contributed by atoms with Gasteiger partial charge in [0.15, 0.2) is 0 Å². The number of rotatable bonds is 8. The van der Waals surface area contributed by atoms with E-state index in [9.17, 15) is 0 Å². The molecule has 2 nitrogen and oxygen atoms in total. The van der Waals surface area contributed by atoms with Crippen LogP contribution in [0.4, 0.5) is 22.7 Å². The van der Waals surface area contributed by atoms with Gasteiger partial charge in [0.2, 0.25) is 0 Å². The number of nitrogens with zero attached hydrogens (tertiary/aromatic N) is 2. The Morgan fingerprint density at radius 1 is 0.481 bits per heavy atom. The summed E-state index contributed by atoms with van der Waals surface area (Å²) in [7, 11) is 2.14. The van der Waals surface area contributed by atoms with E-state index >= 15 is 0 Å². The number of hydrogen-bond donors (Lipinski definition) is 0. The highest BCUT2D eigenvalue weighted by Gasteiger charge is 2.46. The van der Waals surface area contributed by atoms with Crippen molar-refractivity contribution in [1.82, 2.24) is 0 Å². The summed E-state index contributed by atoms with van der Waals surface area (Å²) in [6.07, 6.45) is 8.75. The number of anilines is 4. The lowest BCUT2D eigenvalue weighted by atomic mass is 9.67. The summed E-state index contributed by atoms with van der Waals surface area (Å²) in [6.45, 7) is 0. The summed E-state index contributed by atoms with van der Waals surface area (Å²) in [5.41, 5.74) is 15.7. The first-order valence-corrected chi connectivity index (χ1v) is 18.2. The van der Waals surface area contributed by atoms with E-state index in [1.165, 1.54) is 61.6 Å². The summed E-state index contributed by atoms with van der Waals surface area (Å²) in [5, 5.41) is 0. The minimum atomic E-state index is -0.449. The van der Waals surface area contributed by atoms with Gasteiger partial charge in [0, 0.05) is 41.1 Å². The van der Waals surface area contributed by atoms with E-state index in [1.807, 2.05) is 0 Å². The number of para-hydroxylation sites is 2. The SMILES string of the molecule is CN(c1ccccc1)c1ccccc1-c1ccc(N(C2=CC=CCC2)c2ccc3c(c2)C(c2ccccc2)(c2ccccc2)c2ccccc2-3)cc1. The fourth-order valence-corrected chi connectivity index (χ4v) is 8.42. The van der Waals surface area contributed by atoms with E-state index < -0.39 is 5.41 Å². The van der Waals surface area contributed by atoms with Crippen molar-refractivity contribution in [1.29, 1.82) is 0 Å². The summed E-state index contributed by atoms with van der Waals surface area (Å²) in [5.74, 6) is 0. The van der Waals surface area contributed by atoms with Crippen LogP contribution in [0.25, 0.3) is 22.3 Å². The van der Waals surface area contributed by atoms with Gasteiger partial charge in [0.05, 0.1) is 5.41 Å². The Morgan fingerprint density at radius 3 is 1.73 bits per heavy atom. The Balaban J connectivity index is 1.19. The molecule has 0 amide bonds. The Labute approximate surface area is 307 Å². The van der Waals surface area contributed by atoms with Gasteiger partial charge >= 0.3 is 0 Å². The Kier molecular flexibility index (Phi) is 8.14. The van der Waals surface area contributed by atoms with Gasteiger partial charge in [-0.15, -0.1) is 0 Å². The van der Waals surface area contributed by atoms with Gasteiger partial charge < -0.3 is 9.80 Å². The molecule has 0 aromatic heterocycles. The zero-order valence-electron chi connectivity index (χ0n) is 29.4. The van der Waals surface area contributed by atoms with Crippen LogP contribution >= 0.6 is 0 Å². The first-order chi connectivity index (χ1) is 25.7. The largest absolute Gasteiger partial charge is 0.344 e. The second-order valence-electron chi connectivity index (χ2n) is 13.7. The molecule has 7 aromatic rings. The molecule has 0 radical (unpaired) electrons. The predicted octanol–water partition coefficient (Wildman–Crippen LogP) is 12.9. The van der Waals surface area contributed by atoms with Crippen LogP contribution in [0.15, 0.2) is 206 Å². The average molecular weight is 669 g/mol. The van der Waals surface area contributed by atoms with Crippen LogP contribution in [-0.2, 0) is 5.41 Å². The highest BCUT2D eigenvalue weighted by molar-refractivity contribution is 5.89. The lowest BCUT2D eigenvalue weighted by Gasteiger charge is -2.35. The minimum Gasteiger partial charge on any atom is -0.344 e. The molecule has 0 saturated carbocycles. The molecule has 0 spiro atoms. The van der Waals surface area contributed by atoms with Crippen LogP contribution in [0.1, 0.15) is 35.1 Å². The predicted molar refractivity (Wildman–Crippen MR) is 219 cm³/mol. The molecule has 0 heterocycles. The maximum absolute atomic E-state index is 2.47. The van der Waals surface area contributed by atoms with Crippen LogP contribution in [0.2, 0.25) is 0 Å². The summed E-state index contributed by atoms with van der Waals surface area (Å²) in [4.78, 5) is 4.74. The van der Waals surface area contributed by atoms with Gasteiger partial charge in [-0.05, 0) is 100 Å². The molecule has 2 aliphatic rings. The monoisotopic (exact) mass is 668 g/mol. The fourth-order valence-electron chi connectivity index (χ4n) is 8.42. The molecule has 0 atom stereocenters. The first kappa shape index (κ1) is 31.6. The lowest BCUT2D eigenvalue weighted by Crippen LogP contribution is -2.29. The van der Waals surface area contributed by atoms with Gasteiger partial charge in [-0.25, -0.2) is 0 Å². The van der Waals surface area contributed by atoms with Crippen LogP contribution in [0.5, 0.6) is 0 Å². The molecule has 2 heteroatoms. The van der Waals surface area contributed by atoms with Crippen LogP contribution in [0, 0.1) is 0 Å². The Morgan fingerprint density at radius 2 is 1.06 bits per heavy atom. The zero-order valence-corrected chi connectivity index (χ0v) is 29.4. The molecular formula is C50H40N2. The first-order valence-electron chi connectivity index (χ1n) is 18.2. The highest BCUT2D eigenvalue weighted by Crippen LogP contribution is 2.57. The Hall–Kier alpha value is -6.38. The molecule has 0 unspecified atom stereocenters. The van der Waals surface area contributed by atoms with Crippen LogP contribution < -0.4 is 9.80 Å². The number of hydrogen-bond acceptors (Lipinski definition) is 2. The van der Waals surface area contributed by atoms with E-state index in [-0.39, 0.29) is 0 Å². The van der Waals surface area contributed by atoms with Crippen molar-refractivity contribution in [2.45, 2.75) is 18.3 Å². The molecule has 2 aliphatic carbocycles. The molecule has 7 aromatic carbocycles. The van der Waals surface area contributed by atoms with Gasteiger partial charge in [0.1, 0.15) is 0 Å². The second-order valence-corrected chi connectivity index (χ2v) is 13.7. The maximum atomic E-state index is 2.47. The molecule has 0 saturated heterocycles. The number of benzene rings is 7. The van der Waals surface area contributed by atoms with Crippen molar-refractivity contribution in [3.63, 3.8) is 0 Å². The van der Waals surface area contributed by atoms with E-state index in [2.05, 4.69) is 217 Å². The normalized spacial score (nSPS) is 13.9. The lowest BCUT2D eigenvalue weighted by molar-refractivity contribution is 0.768. The smallest absolute Gasteiger partial charge is 0.0714 e. The van der Waals surface area contributed by atoms with Crippen LogP contribution in [-0.4, -0.2) is 7.05 Å². The van der Waals surface area contributed by atoms with Crippen molar-refractivity contribution in [2.75, 3.05) is 16.8 Å². The van der Waals surface area contributed by atoms with Gasteiger partial charge in [-0.1, -0.05) is 152 Å². The third-order valence-electron chi connectivity index (χ3n) is 10.8. The molecular weight excluding hydrogens is 629 g/mol. The number of allylic oxidation sites excluding steroid dienone is 4. The van der Waals surface area contributed by atoms with E-state index in [0.717, 1.165) is 24.2 Å². The summed E-state index contributed by atoms with van der Waals surface area (Å²) in [6, 6.07) is 66.6. The van der Waals surface area contributed by atoms with Crippen molar-refractivity contribution < 1.29 is 0 Å². The molecule has 9 rings (SSSR count). The van der Waals surface area contributed by atoms with E-state index in [4.69, 9.17) is 0 Å². The van der Waals surface area contributed by atoms with Crippen molar-refractivity contribution in [3.05, 3.63) is 228 Å². The quantitative estimate of drug-likeness (QED) is 0.159. The van der Waals surface area contributed by atoms with Gasteiger partial charge in [-0.2, -0.15) is 0 Å². The second kappa shape index (κ2) is 13.4. The molecule has 0 fully saturated rings. The van der Waals surface area contributed by atoms with Crippen molar-refractivity contribution in [2.24, 2.45) is 0 Å². The topological polar surface area (TPSA) is 6.48 Å². The van der Waals surface area contributed by atoms with Crippen molar-refractivity contribution >= 4 is 22.7 Å². The fraction of sp³-hybridized carbons (Fsp3) is 0.0800. The van der Waals surface area contributed by atoms with E-state index in [0.29, 0.717) is 0 Å². The van der Waals surface area contributed by atoms with Crippen LogP contribution in [0.3, 0.4) is 0 Å². The minimum absolute atomic E-state index is 0.449. The molecule has 0 bridgehead atoms. The molecule has 52 heavy (non-hydrogen) atoms.